The molecule has 5 heteroatoms. The van der Waals surface area contributed by atoms with E-state index in [-0.39, 0.29) is 5.91 Å². The van der Waals surface area contributed by atoms with Gasteiger partial charge in [-0.1, -0.05) is 32.0 Å². The maximum atomic E-state index is 11.9. The third kappa shape index (κ3) is 4.79. The number of hydrogen-bond acceptors (Lipinski definition) is 4. The maximum absolute atomic E-state index is 11.9. The van der Waals surface area contributed by atoms with Crippen LogP contribution in [0.2, 0.25) is 0 Å². The molecule has 0 saturated carbocycles. The van der Waals surface area contributed by atoms with Crippen molar-refractivity contribution in [3.05, 3.63) is 53.9 Å². The summed E-state index contributed by atoms with van der Waals surface area (Å²) in [7, 11) is 1.60. The van der Waals surface area contributed by atoms with Crippen LogP contribution in [-0.4, -0.2) is 31.2 Å². The molecule has 2 aromatic rings. The summed E-state index contributed by atoms with van der Waals surface area (Å²) in [6.45, 7) is 5.27. The largest absolute Gasteiger partial charge is 0.383 e. The summed E-state index contributed by atoms with van der Waals surface area (Å²) < 4.78 is 4.90. The molecule has 1 aromatic heterocycles. The van der Waals surface area contributed by atoms with E-state index in [1.54, 1.807) is 19.4 Å². The SMILES string of the molecule is COCCNC(=O)c1ccc(Nc2ccccc2C(C)C)cn1. The first-order valence-electron chi connectivity index (χ1n) is 7.71. The van der Waals surface area contributed by atoms with Crippen LogP contribution in [0.5, 0.6) is 0 Å². The summed E-state index contributed by atoms with van der Waals surface area (Å²) in [6, 6.07) is 11.8. The van der Waals surface area contributed by atoms with E-state index in [1.165, 1.54) is 5.56 Å². The zero-order valence-electron chi connectivity index (χ0n) is 13.8. The average Bonchev–Trinajstić information content (AvgIpc) is 2.56. The number of pyridine rings is 1. The number of amides is 1. The van der Waals surface area contributed by atoms with Gasteiger partial charge in [-0.2, -0.15) is 0 Å². The number of methoxy groups -OCH3 is 1. The number of ether oxygens (including phenoxy) is 1. The highest BCUT2D eigenvalue weighted by Crippen LogP contribution is 2.26. The third-order valence-electron chi connectivity index (χ3n) is 3.45. The first kappa shape index (κ1) is 17.0. The molecule has 0 aliphatic heterocycles. The first-order valence-corrected chi connectivity index (χ1v) is 7.71. The molecule has 122 valence electrons. The smallest absolute Gasteiger partial charge is 0.269 e. The molecule has 0 fully saturated rings. The van der Waals surface area contributed by atoms with E-state index in [0.717, 1.165) is 11.4 Å². The highest BCUT2D eigenvalue weighted by Gasteiger charge is 2.08. The van der Waals surface area contributed by atoms with Gasteiger partial charge >= 0.3 is 0 Å². The Labute approximate surface area is 137 Å². The fourth-order valence-corrected chi connectivity index (χ4v) is 2.23. The van der Waals surface area contributed by atoms with Gasteiger partial charge in [-0.15, -0.1) is 0 Å². The van der Waals surface area contributed by atoms with E-state index in [4.69, 9.17) is 4.74 Å². The van der Waals surface area contributed by atoms with Crippen LogP contribution in [-0.2, 0) is 4.74 Å². The van der Waals surface area contributed by atoms with Gasteiger partial charge in [0.25, 0.3) is 5.91 Å². The van der Waals surface area contributed by atoms with Crippen LogP contribution in [0.25, 0.3) is 0 Å². The minimum absolute atomic E-state index is 0.198. The molecule has 1 aromatic carbocycles. The van der Waals surface area contributed by atoms with Crippen molar-refractivity contribution < 1.29 is 9.53 Å². The quantitative estimate of drug-likeness (QED) is 0.770. The highest BCUT2D eigenvalue weighted by molar-refractivity contribution is 5.92. The van der Waals surface area contributed by atoms with Crippen molar-refractivity contribution in [2.45, 2.75) is 19.8 Å². The molecule has 0 aliphatic rings. The number of para-hydroxylation sites is 1. The second-order valence-electron chi connectivity index (χ2n) is 5.55. The van der Waals surface area contributed by atoms with Gasteiger partial charge in [-0.25, -0.2) is 4.98 Å². The number of rotatable bonds is 7. The number of nitrogens with zero attached hydrogens (tertiary/aromatic N) is 1. The Bertz CT molecular complexity index is 639. The molecule has 0 saturated heterocycles. The van der Waals surface area contributed by atoms with Gasteiger partial charge in [0.05, 0.1) is 18.5 Å². The Morgan fingerprint density at radius 3 is 2.65 bits per heavy atom. The topological polar surface area (TPSA) is 63.2 Å². The van der Waals surface area contributed by atoms with Crippen molar-refractivity contribution in [1.29, 1.82) is 0 Å². The van der Waals surface area contributed by atoms with E-state index in [0.29, 0.717) is 24.8 Å². The lowest BCUT2D eigenvalue weighted by Crippen LogP contribution is -2.27. The molecule has 0 aliphatic carbocycles. The second-order valence-corrected chi connectivity index (χ2v) is 5.55. The predicted octanol–water partition coefficient (Wildman–Crippen LogP) is 3.32. The lowest BCUT2D eigenvalue weighted by molar-refractivity contribution is 0.0932. The van der Waals surface area contributed by atoms with Crippen LogP contribution in [0.4, 0.5) is 11.4 Å². The van der Waals surface area contributed by atoms with Crippen LogP contribution < -0.4 is 10.6 Å². The third-order valence-corrected chi connectivity index (χ3v) is 3.45. The molecular weight excluding hydrogens is 290 g/mol. The van der Waals surface area contributed by atoms with E-state index < -0.39 is 0 Å². The number of anilines is 2. The monoisotopic (exact) mass is 313 g/mol. The lowest BCUT2D eigenvalue weighted by Gasteiger charge is -2.14. The summed E-state index contributed by atoms with van der Waals surface area (Å²) in [6.07, 6.45) is 1.67. The normalized spacial score (nSPS) is 10.6. The van der Waals surface area contributed by atoms with Crippen molar-refractivity contribution in [1.82, 2.24) is 10.3 Å². The van der Waals surface area contributed by atoms with Crippen LogP contribution >= 0.6 is 0 Å². The van der Waals surface area contributed by atoms with Crippen LogP contribution in [0.1, 0.15) is 35.8 Å². The molecule has 0 radical (unpaired) electrons. The van der Waals surface area contributed by atoms with Crippen LogP contribution in [0, 0.1) is 0 Å². The van der Waals surface area contributed by atoms with Crippen LogP contribution in [0.15, 0.2) is 42.6 Å². The van der Waals surface area contributed by atoms with E-state index >= 15 is 0 Å². The van der Waals surface area contributed by atoms with E-state index in [2.05, 4.69) is 35.5 Å². The number of carbonyl (C=O) groups excluding carboxylic acids is 1. The van der Waals surface area contributed by atoms with E-state index in [1.807, 2.05) is 24.3 Å². The average molecular weight is 313 g/mol. The Morgan fingerprint density at radius 1 is 1.22 bits per heavy atom. The molecule has 5 nitrogen and oxygen atoms in total. The molecule has 0 unspecified atom stereocenters. The molecular formula is C18H23N3O2. The van der Waals surface area contributed by atoms with Gasteiger partial charge in [0, 0.05) is 19.3 Å². The van der Waals surface area contributed by atoms with Crippen molar-refractivity contribution >= 4 is 17.3 Å². The Morgan fingerprint density at radius 2 is 2.00 bits per heavy atom. The zero-order valence-corrected chi connectivity index (χ0v) is 13.8. The van der Waals surface area contributed by atoms with Gasteiger partial charge in [0.2, 0.25) is 0 Å². The summed E-state index contributed by atoms with van der Waals surface area (Å²) in [4.78, 5) is 16.1. The van der Waals surface area contributed by atoms with Crippen LogP contribution in [0.3, 0.4) is 0 Å². The second kappa shape index (κ2) is 8.29. The standard InChI is InChI=1S/C18H23N3O2/c1-13(2)15-6-4-5-7-16(15)21-14-8-9-17(20-12-14)18(22)19-10-11-23-3/h4-9,12-13,21H,10-11H2,1-3H3,(H,19,22). The van der Waals surface area contributed by atoms with Crippen molar-refractivity contribution in [2.75, 3.05) is 25.6 Å². The fourth-order valence-electron chi connectivity index (χ4n) is 2.23. The number of aromatic nitrogens is 1. The molecule has 0 atom stereocenters. The summed E-state index contributed by atoms with van der Waals surface area (Å²) >= 11 is 0. The van der Waals surface area contributed by atoms with Crippen molar-refractivity contribution in [3.8, 4) is 0 Å². The van der Waals surface area contributed by atoms with Gasteiger partial charge in [0.1, 0.15) is 5.69 Å². The van der Waals surface area contributed by atoms with Gasteiger partial charge < -0.3 is 15.4 Å². The number of carbonyl (C=O) groups is 1. The Kier molecular flexibility index (Phi) is 6.11. The van der Waals surface area contributed by atoms with Gasteiger partial charge in [0.15, 0.2) is 0 Å². The number of nitrogens with one attached hydrogen (secondary N) is 2. The summed E-state index contributed by atoms with van der Waals surface area (Å²) in [5, 5.41) is 6.10. The highest BCUT2D eigenvalue weighted by atomic mass is 16.5. The Hall–Kier alpha value is -2.40. The van der Waals surface area contributed by atoms with Crippen molar-refractivity contribution in [2.24, 2.45) is 0 Å². The Balaban J connectivity index is 2.04. The predicted molar refractivity (Wildman–Crippen MR) is 92.3 cm³/mol. The van der Waals surface area contributed by atoms with Gasteiger partial charge in [-0.05, 0) is 29.7 Å². The zero-order chi connectivity index (χ0) is 16.7. The maximum Gasteiger partial charge on any atom is 0.269 e. The molecule has 1 heterocycles. The van der Waals surface area contributed by atoms with Gasteiger partial charge in [-0.3, -0.25) is 4.79 Å². The first-order chi connectivity index (χ1) is 11.1. The molecule has 1 amide bonds. The minimum atomic E-state index is -0.198. The molecule has 2 N–H and O–H groups in total. The van der Waals surface area contributed by atoms with Crippen molar-refractivity contribution in [3.63, 3.8) is 0 Å². The molecule has 23 heavy (non-hydrogen) atoms. The summed E-state index contributed by atoms with van der Waals surface area (Å²) in [5.74, 6) is 0.230. The molecule has 2 rings (SSSR count). The molecule has 0 bridgehead atoms. The number of benzene rings is 1. The molecule has 0 spiro atoms. The fraction of sp³-hybridized carbons (Fsp3) is 0.333. The summed E-state index contributed by atoms with van der Waals surface area (Å²) in [5.41, 5.74) is 3.55. The number of hydrogen-bond donors (Lipinski definition) is 2. The lowest BCUT2D eigenvalue weighted by atomic mass is 10.0. The van der Waals surface area contributed by atoms with E-state index in [9.17, 15) is 4.79 Å². The minimum Gasteiger partial charge on any atom is -0.383 e.